The Morgan fingerprint density at radius 3 is 2.44 bits per heavy atom. The van der Waals surface area contributed by atoms with Crippen molar-refractivity contribution in [2.45, 2.75) is 58.6 Å². The lowest BCUT2D eigenvalue weighted by Gasteiger charge is -2.40. The summed E-state index contributed by atoms with van der Waals surface area (Å²) in [5.74, 6) is 0.671. The second-order valence-electron chi connectivity index (χ2n) is 7.79. The average Bonchev–Trinajstić information content (AvgIpc) is 2.87. The van der Waals surface area contributed by atoms with Gasteiger partial charge in [0.05, 0.1) is 12.3 Å². The van der Waals surface area contributed by atoms with Crippen molar-refractivity contribution in [3.63, 3.8) is 0 Å². The van der Waals surface area contributed by atoms with E-state index in [1.54, 1.807) is 6.92 Å². The van der Waals surface area contributed by atoms with Gasteiger partial charge in [0.15, 0.2) is 0 Å². The molecule has 0 aromatic heterocycles. The number of carbonyl (C=O) groups is 1. The molecule has 2 aliphatic rings. The summed E-state index contributed by atoms with van der Waals surface area (Å²) in [6.07, 6.45) is 2.42. The number of ether oxygens (including phenoxy) is 1. The molecule has 2 rings (SSSR count). The summed E-state index contributed by atoms with van der Waals surface area (Å²) in [5.41, 5.74) is -0.354. The Morgan fingerprint density at radius 2 is 1.88 bits per heavy atom. The Balaban J connectivity index is 1.82. The molecule has 2 heterocycles. The highest BCUT2D eigenvalue weighted by atomic mass is 32.2. The molecule has 146 valence electrons. The minimum Gasteiger partial charge on any atom is -0.441 e. The van der Waals surface area contributed by atoms with E-state index in [4.69, 9.17) is 4.74 Å². The lowest BCUT2D eigenvalue weighted by atomic mass is 9.90. The Hall–Kier alpha value is -0.860. The van der Waals surface area contributed by atoms with Crippen LogP contribution in [-0.4, -0.2) is 74.4 Å². The van der Waals surface area contributed by atoms with E-state index in [9.17, 15) is 13.2 Å². The number of carbonyl (C=O) groups excluding carboxylic acids is 1. The fraction of sp³-hybridized carbons (Fsp3) is 0.941. The van der Waals surface area contributed by atoms with Gasteiger partial charge in [-0.3, -0.25) is 4.90 Å². The van der Waals surface area contributed by atoms with Crippen LogP contribution in [0.2, 0.25) is 0 Å². The number of hydrogen-bond donors (Lipinski definition) is 1. The van der Waals surface area contributed by atoms with Crippen LogP contribution in [-0.2, 0) is 14.8 Å². The summed E-state index contributed by atoms with van der Waals surface area (Å²) in [5, 5.41) is 0. The molecule has 0 aromatic carbocycles. The fourth-order valence-corrected chi connectivity index (χ4v) is 4.09. The van der Waals surface area contributed by atoms with Gasteiger partial charge in [-0.2, -0.15) is 0 Å². The van der Waals surface area contributed by atoms with Crippen LogP contribution in [0.25, 0.3) is 0 Å². The Labute approximate surface area is 152 Å². The monoisotopic (exact) mass is 375 g/mol. The SMILES string of the molecule is CCS(=O)(=O)NC[C@H](C)N1CCC2(CC1)CN(CCC(C)C)C(=O)O2. The third kappa shape index (κ3) is 5.56. The van der Waals surface area contributed by atoms with E-state index in [1.165, 1.54) is 0 Å². The molecule has 2 fully saturated rings. The van der Waals surface area contributed by atoms with Gasteiger partial charge in [-0.25, -0.2) is 17.9 Å². The first kappa shape index (κ1) is 20.5. The van der Waals surface area contributed by atoms with Crippen molar-refractivity contribution in [3.05, 3.63) is 0 Å². The Bertz CT molecular complexity index is 556. The average molecular weight is 376 g/mol. The molecule has 0 radical (unpaired) electrons. The lowest BCUT2D eigenvalue weighted by Crippen LogP contribution is -2.52. The number of rotatable bonds is 8. The van der Waals surface area contributed by atoms with Crippen molar-refractivity contribution in [3.8, 4) is 0 Å². The van der Waals surface area contributed by atoms with Crippen LogP contribution in [0.15, 0.2) is 0 Å². The molecular formula is C17H33N3O4S. The standard InChI is InChI=1S/C17H33N3O4S/c1-5-25(22,23)18-12-15(4)19-10-7-17(8-11-19)13-20(16(21)24-17)9-6-14(2)3/h14-15,18H,5-13H2,1-4H3/t15-/m0/s1. The zero-order valence-corrected chi connectivity index (χ0v) is 16.8. The summed E-state index contributed by atoms with van der Waals surface area (Å²) >= 11 is 0. The van der Waals surface area contributed by atoms with Crippen LogP contribution in [0, 0.1) is 5.92 Å². The number of sulfonamides is 1. The predicted octanol–water partition coefficient (Wildman–Crippen LogP) is 1.65. The Kier molecular flexibility index (Phi) is 6.73. The van der Waals surface area contributed by atoms with E-state index < -0.39 is 10.0 Å². The summed E-state index contributed by atoms with van der Waals surface area (Å²) in [7, 11) is -3.16. The highest BCUT2D eigenvalue weighted by Gasteiger charge is 2.47. The van der Waals surface area contributed by atoms with Crippen LogP contribution in [0.1, 0.15) is 47.0 Å². The van der Waals surface area contributed by atoms with Gasteiger partial charge in [-0.05, 0) is 26.2 Å². The van der Waals surface area contributed by atoms with Crippen molar-refractivity contribution < 1.29 is 17.9 Å². The zero-order valence-electron chi connectivity index (χ0n) is 16.0. The van der Waals surface area contributed by atoms with E-state index in [-0.39, 0.29) is 23.5 Å². The maximum Gasteiger partial charge on any atom is 0.410 e. The van der Waals surface area contributed by atoms with Gasteiger partial charge in [-0.15, -0.1) is 0 Å². The highest BCUT2D eigenvalue weighted by Crippen LogP contribution is 2.34. The van der Waals surface area contributed by atoms with E-state index in [0.29, 0.717) is 19.0 Å². The minimum atomic E-state index is -3.16. The molecule has 2 aliphatic heterocycles. The van der Waals surface area contributed by atoms with Gasteiger partial charge in [0, 0.05) is 45.1 Å². The number of likely N-dealkylation sites (tertiary alicyclic amines) is 1. The maximum atomic E-state index is 12.1. The third-order valence-corrected chi connectivity index (χ3v) is 6.70. The molecule has 1 N–H and O–H groups in total. The first-order valence-electron chi connectivity index (χ1n) is 9.36. The molecule has 0 aromatic rings. The molecule has 2 saturated heterocycles. The van der Waals surface area contributed by atoms with Crippen LogP contribution in [0.5, 0.6) is 0 Å². The number of piperidine rings is 1. The Morgan fingerprint density at radius 1 is 1.24 bits per heavy atom. The van der Waals surface area contributed by atoms with Gasteiger partial charge in [-0.1, -0.05) is 13.8 Å². The number of hydrogen-bond acceptors (Lipinski definition) is 5. The largest absolute Gasteiger partial charge is 0.441 e. The number of nitrogens with one attached hydrogen (secondary N) is 1. The van der Waals surface area contributed by atoms with Gasteiger partial charge < -0.3 is 9.64 Å². The third-order valence-electron chi connectivity index (χ3n) is 5.33. The molecule has 1 amide bonds. The minimum absolute atomic E-state index is 0.102. The number of nitrogens with zero attached hydrogens (tertiary/aromatic N) is 2. The second kappa shape index (κ2) is 8.22. The van der Waals surface area contributed by atoms with Crippen molar-refractivity contribution in [2.24, 2.45) is 5.92 Å². The van der Waals surface area contributed by atoms with Crippen molar-refractivity contribution in [1.82, 2.24) is 14.5 Å². The molecule has 8 heteroatoms. The van der Waals surface area contributed by atoms with E-state index >= 15 is 0 Å². The molecule has 7 nitrogen and oxygen atoms in total. The van der Waals surface area contributed by atoms with E-state index in [2.05, 4.69) is 23.5 Å². The van der Waals surface area contributed by atoms with Crippen molar-refractivity contribution in [1.29, 1.82) is 0 Å². The smallest absolute Gasteiger partial charge is 0.410 e. The van der Waals surface area contributed by atoms with Crippen LogP contribution < -0.4 is 4.72 Å². The van der Waals surface area contributed by atoms with Gasteiger partial charge in [0.1, 0.15) is 5.60 Å². The molecule has 25 heavy (non-hydrogen) atoms. The second-order valence-corrected chi connectivity index (χ2v) is 9.89. The quantitative estimate of drug-likeness (QED) is 0.698. The van der Waals surface area contributed by atoms with Crippen molar-refractivity contribution in [2.75, 3.05) is 38.5 Å². The summed E-state index contributed by atoms with van der Waals surface area (Å²) < 4.78 is 31.5. The van der Waals surface area contributed by atoms with E-state index in [1.807, 2.05) is 11.8 Å². The van der Waals surface area contributed by atoms with Crippen LogP contribution in [0.3, 0.4) is 0 Å². The maximum absolute atomic E-state index is 12.1. The lowest BCUT2D eigenvalue weighted by molar-refractivity contribution is -0.00765. The zero-order chi connectivity index (χ0) is 18.7. The van der Waals surface area contributed by atoms with Gasteiger partial charge in [0.2, 0.25) is 10.0 Å². The van der Waals surface area contributed by atoms with Gasteiger partial charge in [0.25, 0.3) is 0 Å². The first-order chi connectivity index (χ1) is 11.7. The summed E-state index contributed by atoms with van der Waals surface area (Å²) in [6, 6.07) is 0.132. The molecule has 0 unspecified atom stereocenters. The molecular weight excluding hydrogens is 342 g/mol. The fourth-order valence-electron chi connectivity index (χ4n) is 3.39. The van der Waals surface area contributed by atoms with Crippen molar-refractivity contribution >= 4 is 16.1 Å². The van der Waals surface area contributed by atoms with Crippen LogP contribution >= 0.6 is 0 Å². The van der Waals surface area contributed by atoms with Crippen LogP contribution in [0.4, 0.5) is 4.79 Å². The molecule has 1 atom stereocenters. The molecule has 1 spiro atoms. The summed E-state index contributed by atoms with van der Waals surface area (Å²) in [4.78, 5) is 16.2. The van der Waals surface area contributed by atoms with E-state index in [0.717, 1.165) is 38.9 Å². The molecule has 0 saturated carbocycles. The highest BCUT2D eigenvalue weighted by molar-refractivity contribution is 7.89. The molecule has 0 aliphatic carbocycles. The first-order valence-corrected chi connectivity index (χ1v) is 11.0. The van der Waals surface area contributed by atoms with Gasteiger partial charge >= 0.3 is 6.09 Å². The predicted molar refractivity (Wildman–Crippen MR) is 98.0 cm³/mol. The summed E-state index contributed by atoms with van der Waals surface area (Å²) in [6.45, 7) is 11.5. The molecule has 0 bridgehead atoms. The number of amides is 1. The topological polar surface area (TPSA) is 79.0 Å². The normalized spacial score (nSPS) is 22.6.